The number of benzene rings is 3. The van der Waals surface area contributed by atoms with E-state index in [1.807, 2.05) is 22.6 Å². The maximum absolute atomic E-state index is 12.9. The third kappa shape index (κ3) is 6.55. The van der Waals surface area contributed by atoms with Gasteiger partial charge in [-0.3, -0.25) is 4.79 Å². The van der Waals surface area contributed by atoms with Crippen molar-refractivity contribution in [1.29, 1.82) is 5.26 Å². The molecule has 12 heteroatoms. The number of carbonyl (C=O) groups is 1. The Balaban J connectivity index is 1.90. The summed E-state index contributed by atoms with van der Waals surface area (Å²) in [5, 5.41) is 11.7. The molecule has 1 N–H and O–H groups in total. The number of nitrogens with one attached hydrogen (secondary N) is 1. The number of carbonyl (C=O) groups excluding carboxylic acids is 1. The molecule has 0 aliphatic heterocycles. The quantitative estimate of drug-likeness (QED) is 0.157. The van der Waals surface area contributed by atoms with Crippen LogP contribution in [0.1, 0.15) is 11.1 Å². The zero-order valence-corrected chi connectivity index (χ0v) is 21.3. The molecule has 0 atom stereocenters. The van der Waals surface area contributed by atoms with Crippen LogP contribution in [-0.4, -0.2) is 21.4 Å². The van der Waals surface area contributed by atoms with Crippen LogP contribution >= 0.6 is 22.6 Å². The molecule has 3 aromatic rings. The molecule has 0 saturated carbocycles. The Morgan fingerprint density at radius 3 is 2.39 bits per heavy atom. The SMILES string of the molecule is COc1cc(/C=C(\C#N)C(=O)Nc2cccc(C(F)(F)F)c2)cc(I)c1OS(=O)(=O)c1ccccc1. The van der Waals surface area contributed by atoms with Crippen LogP contribution in [-0.2, 0) is 21.1 Å². The van der Waals surface area contributed by atoms with Crippen molar-refractivity contribution in [3.8, 4) is 17.6 Å². The maximum Gasteiger partial charge on any atom is 0.416 e. The smallest absolute Gasteiger partial charge is 0.416 e. The van der Waals surface area contributed by atoms with Gasteiger partial charge in [-0.15, -0.1) is 0 Å². The first kappa shape index (κ1) is 27.0. The Morgan fingerprint density at radius 1 is 1.08 bits per heavy atom. The number of hydrogen-bond donors (Lipinski definition) is 1. The van der Waals surface area contributed by atoms with Crippen LogP contribution in [0.5, 0.6) is 11.5 Å². The predicted octanol–water partition coefficient (Wildman–Crippen LogP) is 5.63. The van der Waals surface area contributed by atoms with Gasteiger partial charge in [0.25, 0.3) is 5.91 Å². The minimum atomic E-state index is -4.60. The number of hydrogen-bond acceptors (Lipinski definition) is 6. The first-order valence-electron chi connectivity index (χ1n) is 9.92. The standard InChI is InChI=1S/C24H16F3IN2O5S/c1-34-21-12-15(11-20(28)22(21)35-36(32,33)19-8-3-2-4-9-19)10-16(14-29)23(31)30-18-7-5-6-17(13-18)24(25,26)27/h2-13H,1H3,(H,30,31)/b16-10+. The van der Waals surface area contributed by atoms with E-state index in [0.29, 0.717) is 3.57 Å². The van der Waals surface area contributed by atoms with E-state index >= 15 is 0 Å². The number of amides is 1. The molecule has 0 saturated heterocycles. The van der Waals surface area contributed by atoms with Crippen molar-refractivity contribution in [3.05, 3.63) is 87.0 Å². The molecular weight excluding hydrogens is 612 g/mol. The van der Waals surface area contributed by atoms with Crippen molar-refractivity contribution >= 4 is 50.4 Å². The van der Waals surface area contributed by atoms with E-state index in [2.05, 4.69) is 5.32 Å². The van der Waals surface area contributed by atoms with Gasteiger partial charge in [-0.2, -0.15) is 26.9 Å². The molecule has 36 heavy (non-hydrogen) atoms. The number of ether oxygens (including phenoxy) is 1. The van der Waals surface area contributed by atoms with E-state index in [4.69, 9.17) is 8.92 Å². The van der Waals surface area contributed by atoms with Gasteiger partial charge in [0.2, 0.25) is 0 Å². The fourth-order valence-corrected chi connectivity index (χ4v) is 4.80. The van der Waals surface area contributed by atoms with E-state index in [-0.39, 0.29) is 27.6 Å². The van der Waals surface area contributed by atoms with Crippen molar-refractivity contribution in [3.63, 3.8) is 0 Å². The minimum absolute atomic E-state index is 0.0169. The fraction of sp³-hybridized carbons (Fsp3) is 0.0833. The first-order chi connectivity index (χ1) is 16.9. The van der Waals surface area contributed by atoms with Crippen LogP contribution in [0.25, 0.3) is 6.08 Å². The molecule has 0 radical (unpaired) electrons. The molecule has 0 unspecified atom stereocenters. The summed E-state index contributed by atoms with van der Waals surface area (Å²) in [6.45, 7) is 0. The lowest BCUT2D eigenvalue weighted by molar-refractivity contribution is -0.137. The molecule has 7 nitrogen and oxygen atoms in total. The van der Waals surface area contributed by atoms with Gasteiger partial charge in [0.1, 0.15) is 16.5 Å². The lowest BCUT2D eigenvalue weighted by Crippen LogP contribution is -2.14. The van der Waals surface area contributed by atoms with Crippen molar-refractivity contribution < 1.29 is 35.3 Å². The van der Waals surface area contributed by atoms with Crippen LogP contribution < -0.4 is 14.2 Å². The van der Waals surface area contributed by atoms with Crippen LogP contribution in [0.4, 0.5) is 18.9 Å². The molecule has 3 aromatic carbocycles. The van der Waals surface area contributed by atoms with E-state index in [1.165, 1.54) is 43.5 Å². The second kappa shape index (κ2) is 11.0. The van der Waals surface area contributed by atoms with Crippen molar-refractivity contribution in [2.75, 3.05) is 12.4 Å². The van der Waals surface area contributed by atoms with Crippen LogP contribution in [0.15, 0.2) is 77.2 Å². The fourth-order valence-electron chi connectivity index (χ4n) is 2.94. The number of halogens is 4. The highest BCUT2D eigenvalue weighted by Crippen LogP contribution is 2.37. The second-order valence-electron chi connectivity index (χ2n) is 7.09. The Hall–Kier alpha value is -3.57. The summed E-state index contributed by atoms with van der Waals surface area (Å²) in [7, 11) is -2.88. The number of rotatable bonds is 7. The molecule has 0 heterocycles. The lowest BCUT2D eigenvalue weighted by Gasteiger charge is -2.13. The lowest BCUT2D eigenvalue weighted by atomic mass is 10.1. The zero-order valence-electron chi connectivity index (χ0n) is 18.3. The molecule has 0 aliphatic carbocycles. The number of alkyl halides is 3. The summed E-state index contributed by atoms with van der Waals surface area (Å²) in [5.74, 6) is -1.01. The second-order valence-corrected chi connectivity index (χ2v) is 9.80. The van der Waals surface area contributed by atoms with Gasteiger partial charge in [0.05, 0.1) is 16.2 Å². The summed E-state index contributed by atoms with van der Waals surface area (Å²) in [5.41, 5.74) is -1.21. The van der Waals surface area contributed by atoms with Crippen molar-refractivity contribution in [2.45, 2.75) is 11.1 Å². The molecule has 0 aromatic heterocycles. The first-order valence-corrected chi connectivity index (χ1v) is 12.4. The number of anilines is 1. The topological polar surface area (TPSA) is 105 Å². The molecule has 3 rings (SSSR count). The minimum Gasteiger partial charge on any atom is -0.493 e. The molecular formula is C24H16F3IN2O5S. The third-order valence-corrected chi connectivity index (χ3v) is 6.64. The van der Waals surface area contributed by atoms with Gasteiger partial charge in [0.15, 0.2) is 11.5 Å². The molecule has 0 aliphatic rings. The highest BCUT2D eigenvalue weighted by molar-refractivity contribution is 14.1. The zero-order chi connectivity index (χ0) is 26.5. The average Bonchev–Trinajstić information content (AvgIpc) is 2.84. The van der Waals surface area contributed by atoms with Crippen molar-refractivity contribution in [1.82, 2.24) is 0 Å². The molecule has 1 amide bonds. The summed E-state index contributed by atoms with van der Waals surface area (Å²) in [4.78, 5) is 12.5. The Labute approximate surface area is 218 Å². The van der Waals surface area contributed by atoms with E-state index in [0.717, 1.165) is 18.2 Å². The number of nitriles is 1. The van der Waals surface area contributed by atoms with Gasteiger partial charge in [-0.1, -0.05) is 24.3 Å². The van der Waals surface area contributed by atoms with Gasteiger partial charge >= 0.3 is 16.3 Å². The Bertz CT molecular complexity index is 1470. The number of nitrogens with zero attached hydrogens (tertiary/aromatic N) is 1. The van der Waals surface area contributed by atoms with Gasteiger partial charge < -0.3 is 14.2 Å². The Morgan fingerprint density at radius 2 is 1.78 bits per heavy atom. The van der Waals surface area contributed by atoms with Crippen molar-refractivity contribution in [2.24, 2.45) is 0 Å². The highest BCUT2D eigenvalue weighted by Gasteiger charge is 2.30. The van der Waals surface area contributed by atoms with Crippen LogP contribution in [0.3, 0.4) is 0 Å². The maximum atomic E-state index is 12.9. The Kier molecular flexibility index (Phi) is 8.26. The average molecular weight is 628 g/mol. The van der Waals surface area contributed by atoms with Crippen LogP contribution in [0.2, 0.25) is 0 Å². The molecule has 0 bridgehead atoms. The monoisotopic (exact) mass is 628 g/mol. The molecule has 186 valence electrons. The molecule has 0 fully saturated rings. The van der Waals surface area contributed by atoms with E-state index in [9.17, 15) is 31.6 Å². The largest absolute Gasteiger partial charge is 0.493 e. The van der Waals surface area contributed by atoms with Gasteiger partial charge in [-0.25, -0.2) is 0 Å². The summed E-state index contributed by atoms with van der Waals surface area (Å²) < 4.78 is 74.8. The van der Waals surface area contributed by atoms with E-state index < -0.39 is 33.3 Å². The third-order valence-electron chi connectivity index (χ3n) is 4.60. The summed E-state index contributed by atoms with van der Waals surface area (Å²) >= 11 is 1.81. The molecule has 0 spiro atoms. The van der Waals surface area contributed by atoms with E-state index in [1.54, 1.807) is 24.3 Å². The van der Waals surface area contributed by atoms with Gasteiger partial charge in [-0.05, 0) is 76.7 Å². The normalized spacial score (nSPS) is 11.9. The summed E-state index contributed by atoms with van der Waals surface area (Å²) in [6, 6.07) is 16.0. The van der Waals surface area contributed by atoms with Gasteiger partial charge in [0, 0.05) is 5.69 Å². The summed E-state index contributed by atoms with van der Waals surface area (Å²) in [6.07, 6.45) is -3.41. The van der Waals surface area contributed by atoms with Crippen LogP contribution in [0, 0.1) is 14.9 Å². The predicted molar refractivity (Wildman–Crippen MR) is 134 cm³/mol. The highest BCUT2D eigenvalue weighted by atomic mass is 127. The number of methoxy groups -OCH3 is 1.